The number of nitrogens with zero attached hydrogens (tertiary/aromatic N) is 4. The van der Waals surface area contributed by atoms with Crippen molar-refractivity contribution in [3.8, 4) is 22.1 Å². The van der Waals surface area contributed by atoms with Gasteiger partial charge in [0.1, 0.15) is 28.2 Å². The van der Waals surface area contributed by atoms with E-state index >= 15 is 0 Å². The van der Waals surface area contributed by atoms with Gasteiger partial charge in [0.2, 0.25) is 0 Å². The summed E-state index contributed by atoms with van der Waals surface area (Å²) in [5.41, 5.74) is 0.946. The van der Waals surface area contributed by atoms with Crippen molar-refractivity contribution < 1.29 is 8.78 Å². The molecule has 1 aliphatic rings. The molecule has 0 spiro atoms. The summed E-state index contributed by atoms with van der Waals surface area (Å²) in [6.45, 7) is 2.30. The third-order valence-electron chi connectivity index (χ3n) is 3.52. The van der Waals surface area contributed by atoms with E-state index in [1.165, 1.54) is 23.5 Å². The van der Waals surface area contributed by atoms with Gasteiger partial charge in [0, 0.05) is 30.1 Å². The van der Waals surface area contributed by atoms with E-state index in [4.69, 9.17) is 0 Å². The highest BCUT2D eigenvalue weighted by Crippen LogP contribution is 2.30. The Hall–Kier alpha value is -1.90. The van der Waals surface area contributed by atoms with E-state index in [9.17, 15) is 8.78 Å². The molecular formula is C14H12ClF2N5S. The zero-order chi connectivity index (χ0) is 15.1. The molecule has 0 saturated heterocycles. The van der Waals surface area contributed by atoms with E-state index in [1.807, 2.05) is 9.95 Å². The Balaban J connectivity index is 0.00000156. The van der Waals surface area contributed by atoms with Gasteiger partial charge in [-0.2, -0.15) is 0 Å². The van der Waals surface area contributed by atoms with E-state index in [0.717, 1.165) is 25.0 Å². The highest BCUT2D eigenvalue weighted by molar-refractivity contribution is 7.13. The predicted octanol–water partition coefficient (Wildman–Crippen LogP) is 2.87. The van der Waals surface area contributed by atoms with Crippen LogP contribution in [-0.2, 0) is 13.1 Å². The first kappa shape index (κ1) is 16.0. The summed E-state index contributed by atoms with van der Waals surface area (Å²) < 4.78 is 28.9. The molecule has 0 aliphatic carbocycles. The fourth-order valence-corrected chi connectivity index (χ4v) is 3.27. The maximum Gasteiger partial charge on any atom is 0.183 e. The van der Waals surface area contributed by atoms with Crippen LogP contribution in [0.25, 0.3) is 22.1 Å². The number of nitrogens with one attached hydrogen (secondary N) is 1. The monoisotopic (exact) mass is 355 g/mol. The van der Waals surface area contributed by atoms with Gasteiger partial charge in [0.15, 0.2) is 5.82 Å². The van der Waals surface area contributed by atoms with Crippen LogP contribution in [0.2, 0.25) is 0 Å². The fraction of sp³-hybridized carbons (Fsp3) is 0.214. The Morgan fingerprint density at radius 1 is 1.22 bits per heavy atom. The third kappa shape index (κ3) is 2.85. The van der Waals surface area contributed by atoms with Crippen molar-refractivity contribution in [1.29, 1.82) is 0 Å². The molecule has 1 N–H and O–H groups in total. The molecule has 0 unspecified atom stereocenters. The molecule has 0 bridgehead atoms. The Morgan fingerprint density at radius 3 is 2.91 bits per heavy atom. The summed E-state index contributed by atoms with van der Waals surface area (Å²) in [7, 11) is 0. The van der Waals surface area contributed by atoms with Gasteiger partial charge in [0.05, 0.1) is 6.54 Å². The lowest BCUT2D eigenvalue weighted by molar-refractivity contribution is 0.508. The van der Waals surface area contributed by atoms with Crippen molar-refractivity contribution in [2.24, 2.45) is 0 Å². The van der Waals surface area contributed by atoms with Crippen LogP contribution in [0, 0.1) is 11.6 Å². The second kappa shape index (κ2) is 6.31. The van der Waals surface area contributed by atoms with Crippen molar-refractivity contribution in [3.05, 3.63) is 41.0 Å². The molecule has 4 rings (SSSR count). The molecule has 0 amide bonds. The molecule has 5 nitrogen and oxygen atoms in total. The summed E-state index contributed by atoms with van der Waals surface area (Å²) in [5.74, 6) is 0.329. The lowest BCUT2D eigenvalue weighted by atomic mass is 10.2. The second-order valence-corrected chi connectivity index (χ2v) is 5.79. The average molecular weight is 356 g/mol. The lowest BCUT2D eigenvalue weighted by Gasteiger charge is -2.15. The van der Waals surface area contributed by atoms with Crippen molar-refractivity contribution in [2.45, 2.75) is 13.1 Å². The van der Waals surface area contributed by atoms with Gasteiger partial charge in [-0.1, -0.05) is 0 Å². The normalized spacial score (nSPS) is 13.5. The molecule has 2 aromatic heterocycles. The largest absolute Gasteiger partial charge is 0.308 e. The fourth-order valence-electron chi connectivity index (χ4n) is 2.44. The maximum absolute atomic E-state index is 13.8. The van der Waals surface area contributed by atoms with E-state index in [-0.39, 0.29) is 18.0 Å². The molecule has 3 aromatic rings. The summed E-state index contributed by atoms with van der Waals surface area (Å²) in [6.07, 6.45) is 0. The van der Waals surface area contributed by atoms with E-state index in [1.54, 1.807) is 0 Å². The Bertz CT molecular complexity index is 848. The lowest BCUT2D eigenvalue weighted by Crippen LogP contribution is -2.28. The standard InChI is InChI=1S/C14H11F2N5S.ClH/c15-8-1-2-9(10(16)5-8)14-18-11(7-22-14)13-20-19-12-6-17-3-4-21(12)13;/h1-2,5,7,17H,3-4,6H2;1H. The first-order valence-electron chi connectivity index (χ1n) is 6.76. The molecule has 23 heavy (non-hydrogen) atoms. The van der Waals surface area contributed by atoms with Gasteiger partial charge in [-0.05, 0) is 12.1 Å². The summed E-state index contributed by atoms with van der Waals surface area (Å²) in [6, 6.07) is 3.49. The Kier molecular flexibility index (Phi) is 4.38. The van der Waals surface area contributed by atoms with Gasteiger partial charge >= 0.3 is 0 Å². The molecule has 0 saturated carbocycles. The minimum absolute atomic E-state index is 0. The SMILES string of the molecule is Cl.Fc1ccc(-c2nc(-c3nnc4n3CCNC4)cs2)c(F)c1. The summed E-state index contributed by atoms with van der Waals surface area (Å²) in [4.78, 5) is 4.43. The highest BCUT2D eigenvalue weighted by atomic mass is 35.5. The molecule has 0 fully saturated rings. The minimum Gasteiger partial charge on any atom is -0.308 e. The van der Waals surface area contributed by atoms with Crippen LogP contribution in [-0.4, -0.2) is 26.3 Å². The Labute approximate surface area is 140 Å². The van der Waals surface area contributed by atoms with Gasteiger partial charge in [-0.15, -0.1) is 33.9 Å². The first-order chi connectivity index (χ1) is 10.7. The molecule has 0 radical (unpaired) electrons. The van der Waals surface area contributed by atoms with E-state index < -0.39 is 11.6 Å². The maximum atomic E-state index is 13.8. The number of benzene rings is 1. The molecule has 1 aromatic carbocycles. The first-order valence-corrected chi connectivity index (χ1v) is 7.64. The van der Waals surface area contributed by atoms with Gasteiger partial charge in [0.25, 0.3) is 0 Å². The number of halogens is 3. The zero-order valence-corrected chi connectivity index (χ0v) is 13.4. The van der Waals surface area contributed by atoms with Crippen molar-refractivity contribution in [2.75, 3.05) is 6.54 Å². The predicted molar refractivity (Wildman–Crippen MR) is 85.4 cm³/mol. The number of fused-ring (bicyclic) bond motifs is 1. The smallest absolute Gasteiger partial charge is 0.183 e. The van der Waals surface area contributed by atoms with Crippen LogP contribution in [0.15, 0.2) is 23.6 Å². The number of hydrogen-bond acceptors (Lipinski definition) is 5. The van der Waals surface area contributed by atoms with Gasteiger partial charge in [-0.3, -0.25) is 0 Å². The van der Waals surface area contributed by atoms with E-state index in [0.29, 0.717) is 23.1 Å². The number of rotatable bonds is 2. The van der Waals surface area contributed by atoms with Gasteiger partial charge < -0.3 is 9.88 Å². The van der Waals surface area contributed by atoms with Crippen molar-refractivity contribution in [3.63, 3.8) is 0 Å². The van der Waals surface area contributed by atoms with Crippen LogP contribution >= 0.6 is 23.7 Å². The molecular weight excluding hydrogens is 344 g/mol. The second-order valence-electron chi connectivity index (χ2n) is 4.93. The zero-order valence-electron chi connectivity index (χ0n) is 11.8. The quantitative estimate of drug-likeness (QED) is 0.768. The topological polar surface area (TPSA) is 55.6 Å². The van der Waals surface area contributed by atoms with Crippen LogP contribution < -0.4 is 5.32 Å². The van der Waals surface area contributed by atoms with Crippen LogP contribution in [0.3, 0.4) is 0 Å². The average Bonchev–Trinajstić information content (AvgIpc) is 3.13. The van der Waals surface area contributed by atoms with Crippen molar-refractivity contribution in [1.82, 2.24) is 25.1 Å². The molecule has 9 heteroatoms. The third-order valence-corrected chi connectivity index (χ3v) is 4.39. The van der Waals surface area contributed by atoms with Crippen LogP contribution in [0.5, 0.6) is 0 Å². The van der Waals surface area contributed by atoms with Crippen molar-refractivity contribution >= 4 is 23.7 Å². The summed E-state index contributed by atoms with van der Waals surface area (Å²) >= 11 is 1.30. The van der Waals surface area contributed by atoms with Crippen LogP contribution in [0.1, 0.15) is 5.82 Å². The molecule has 120 valence electrons. The minimum atomic E-state index is -0.617. The molecule has 1 aliphatic heterocycles. The van der Waals surface area contributed by atoms with Crippen LogP contribution in [0.4, 0.5) is 8.78 Å². The molecule has 0 atom stereocenters. The van der Waals surface area contributed by atoms with E-state index in [2.05, 4.69) is 20.5 Å². The number of aromatic nitrogens is 4. The Morgan fingerprint density at radius 2 is 2.09 bits per heavy atom. The van der Waals surface area contributed by atoms with Gasteiger partial charge in [-0.25, -0.2) is 13.8 Å². The highest BCUT2D eigenvalue weighted by Gasteiger charge is 2.19. The number of hydrogen-bond donors (Lipinski definition) is 1. The summed E-state index contributed by atoms with van der Waals surface area (Å²) in [5, 5.41) is 13.8. The number of thiazole rings is 1. The molecule has 3 heterocycles.